The second-order valence-electron chi connectivity index (χ2n) is 9.19. The maximum absolute atomic E-state index is 6.45. The van der Waals surface area contributed by atoms with Gasteiger partial charge in [-0.15, -0.1) is 0 Å². The van der Waals surface area contributed by atoms with Gasteiger partial charge in [0.2, 0.25) is 5.95 Å². The average Bonchev–Trinajstić information content (AvgIpc) is 3.57. The molecule has 2 aliphatic heterocycles. The fourth-order valence-corrected chi connectivity index (χ4v) is 5.55. The normalized spacial score (nSPS) is 17.1. The highest BCUT2D eigenvalue weighted by molar-refractivity contribution is 5.97. The molecule has 0 unspecified atom stereocenters. The van der Waals surface area contributed by atoms with E-state index in [1.807, 2.05) is 18.6 Å². The monoisotopic (exact) mass is 436 g/mol. The highest BCUT2D eigenvalue weighted by Crippen LogP contribution is 2.42. The number of ether oxygens (including phenoxy) is 1. The van der Waals surface area contributed by atoms with Crippen molar-refractivity contribution < 1.29 is 4.74 Å². The van der Waals surface area contributed by atoms with Crippen LogP contribution in [-0.4, -0.2) is 43.3 Å². The number of fused-ring (bicyclic) bond motifs is 3. The Kier molecular flexibility index (Phi) is 3.86. The smallest absolute Gasteiger partial charge is 0.211 e. The van der Waals surface area contributed by atoms with Crippen LogP contribution in [-0.2, 0) is 6.42 Å². The largest absolute Gasteiger partial charge is 0.487 e. The van der Waals surface area contributed by atoms with Crippen molar-refractivity contribution in [2.75, 3.05) is 18.0 Å². The molecule has 0 aliphatic carbocycles. The molecular weight excluding hydrogens is 412 g/mol. The molecule has 0 bridgehead atoms. The summed E-state index contributed by atoms with van der Waals surface area (Å²) in [6.45, 7) is 3.89. The van der Waals surface area contributed by atoms with Gasteiger partial charge in [0.05, 0.1) is 17.4 Å². The predicted molar refractivity (Wildman–Crippen MR) is 128 cm³/mol. The van der Waals surface area contributed by atoms with Gasteiger partial charge in [0, 0.05) is 61.3 Å². The Morgan fingerprint density at radius 2 is 1.94 bits per heavy atom. The van der Waals surface area contributed by atoms with Crippen molar-refractivity contribution in [3.05, 3.63) is 72.3 Å². The molecule has 0 atom stereocenters. The van der Waals surface area contributed by atoms with Gasteiger partial charge in [-0.05, 0) is 18.6 Å². The van der Waals surface area contributed by atoms with E-state index in [1.165, 1.54) is 5.56 Å². The number of piperidine rings is 1. The highest BCUT2D eigenvalue weighted by Gasteiger charge is 2.42. The van der Waals surface area contributed by atoms with E-state index in [4.69, 9.17) is 14.7 Å². The zero-order valence-electron chi connectivity index (χ0n) is 18.5. The lowest BCUT2D eigenvalue weighted by molar-refractivity contribution is 0.0664. The molecule has 1 fully saturated rings. The summed E-state index contributed by atoms with van der Waals surface area (Å²) in [5.41, 5.74) is 6.26. The molecule has 7 nitrogen and oxygen atoms in total. The van der Waals surface area contributed by atoms with Crippen LogP contribution in [0.25, 0.3) is 27.7 Å². The molecule has 0 radical (unpaired) electrons. The zero-order valence-corrected chi connectivity index (χ0v) is 18.5. The van der Waals surface area contributed by atoms with Crippen LogP contribution in [0.4, 0.5) is 5.95 Å². The molecule has 1 saturated heterocycles. The first-order chi connectivity index (χ1) is 16.2. The Balaban J connectivity index is 1.24. The minimum absolute atomic E-state index is 0.0838. The molecule has 33 heavy (non-hydrogen) atoms. The van der Waals surface area contributed by atoms with Gasteiger partial charge in [-0.25, -0.2) is 9.97 Å². The summed E-state index contributed by atoms with van der Waals surface area (Å²) in [5.74, 6) is 2.00. The lowest BCUT2D eigenvalue weighted by atomic mass is 9.87. The molecule has 7 heteroatoms. The minimum atomic E-state index is -0.0838. The van der Waals surface area contributed by atoms with Gasteiger partial charge in [-0.2, -0.15) is 5.10 Å². The van der Waals surface area contributed by atoms with Crippen molar-refractivity contribution in [2.24, 2.45) is 0 Å². The van der Waals surface area contributed by atoms with E-state index in [-0.39, 0.29) is 5.60 Å². The van der Waals surface area contributed by atoms with E-state index in [0.717, 1.165) is 77.4 Å². The van der Waals surface area contributed by atoms with Gasteiger partial charge >= 0.3 is 0 Å². The third-order valence-electron chi connectivity index (χ3n) is 7.22. The Hall–Kier alpha value is -3.87. The van der Waals surface area contributed by atoms with Gasteiger partial charge in [0.1, 0.15) is 17.0 Å². The number of rotatable bonds is 2. The number of nitrogens with one attached hydrogen (secondary N) is 1. The summed E-state index contributed by atoms with van der Waals surface area (Å²) in [7, 11) is 0. The Morgan fingerprint density at radius 3 is 2.82 bits per heavy atom. The number of imidazole rings is 1. The van der Waals surface area contributed by atoms with Crippen LogP contribution in [0.1, 0.15) is 24.1 Å². The second kappa shape index (κ2) is 6.81. The highest BCUT2D eigenvalue weighted by atomic mass is 16.5. The number of para-hydroxylation sites is 2. The van der Waals surface area contributed by atoms with Crippen molar-refractivity contribution in [3.8, 4) is 16.9 Å². The predicted octanol–water partition coefficient (Wildman–Crippen LogP) is 4.56. The van der Waals surface area contributed by atoms with Crippen LogP contribution in [0.2, 0.25) is 0 Å². The van der Waals surface area contributed by atoms with Crippen LogP contribution < -0.4 is 9.64 Å². The van der Waals surface area contributed by atoms with Crippen LogP contribution >= 0.6 is 0 Å². The molecule has 2 aromatic carbocycles. The SMILES string of the molecule is Cc1nc(N2CCC3(CC2)Cc2ccccc2O3)n2ccnc2c1-c1cccc2cn[nH]c12. The van der Waals surface area contributed by atoms with Crippen LogP contribution in [0.5, 0.6) is 5.75 Å². The summed E-state index contributed by atoms with van der Waals surface area (Å²) < 4.78 is 8.58. The van der Waals surface area contributed by atoms with Gasteiger partial charge in [-0.3, -0.25) is 9.50 Å². The Bertz CT molecular complexity index is 1480. The number of H-pyrrole nitrogens is 1. The quantitative estimate of drug-likeness (QED) is 0.439. The number of benzene rings is 2. The Labute approximate surface area is 191 Å². The molecule has 3 aromatic heterocycles. The summed E-state index contributed by atoms with van der Waals surface area (Å²) in [5, 5.41) is 8.46. The van der Waals surface area contributed by atoms with Gasteiger partial charge in [0.25, 0.3) is 0 Å². The van der Waals surface area contributed by atoms with E-state index in [1.54, 1.807) is 0 Å². The van der Waals surface area contributed by atoms with Crippen LogP contribution in [0, 0.1) is 6.92 Å². The van der Waals surface area contributed by atoms with Gasteiger partial charge in [-0.1, -0.05) is 36.4 Å². The zero-order chi connectivity index (χ0) is 22.0. The van der Waals surface area contributed by atoms with Crippen molar-refractivity contribution in [1.29, 1.82) is 0 Å². The minimum Gasteiger partial charge on any atom is -0.487 e. The summed E-state index contributed by atoms with van der Waals surface area (Å²) in [6.07, 6.45) is 8.68. The maximum atomic E-state index is 6.45. The third-order valence-corrected chi connectivity index (χ3v) is 7.22. The van der Waals surface area contributed by atoms with E-state index < -0.39 is 0 Å². The van der Waals surface area contributed by atoms with Gasteiger partial charge in [0.15, 0.2) is 0 Å². The first-order valence-electron chi connectivity index (χ1n) is 11.5. The first kappa shape index (κ1) is 18.7. The maximum Gasteiger partial charge on any atom is 0.211 e. The number of aromatic amines is 1. The molecule has 2 aliphatic rings. The number of hydrogen-bond acceptors (Lipinski definition) is 5. The lowest BCUT2D eigenvalue weighted by Crippen LogP contribution is -2.48. The lowest BCUT2D eigenvalue weighted by Gasteiger charge is -2.39. The molecule has 1 spiro atoms. The number of hydrogen-bond donors (Lipinski definition) is 1. The molecule has 7 rings (SSSR count). The molecule has 0 amide bonds. The molecular formula is C26H24N6O. The van der Waals surface area contributed by atoms with Crippen LogP contribution in [0.15, 0.2) is 61.1 Å². The molecule has 5 heterocycles. The molecule has 1 N–H and O–H groups in total. The van der Waals surface area contributed by atoms with E-state index in [2.05, 4.69) is 68.9 Å². The van der Waals surface area contributed by atoms with Gasteiger partial charge < -0.3 is 9.64 Å². The fraction of sp³-hybridized carbons (Fsp3) is 0.269. The van der Waals surface area contributed by atoms with Crippen molar-refractivity contribution in [3.63, 3.8) is 0 Å². The van der Waals surface area contributed by atoms with E-state index in [9.17, 15) is 0 Å². The third kappa shape index (κ3) is 2.78. The van der Waals surface area contributed by atoms with E-state index >= 15 is 0 Å². The topological polar surface area (TPSA) is 71.3 Å². The van der Waals surface area contributed by atoms with Crippen molar-refractivity contribution in [2.45, 2.75) is 31.8 Å². The molecule has 0 saturated carbocycles. The number of nitrogens with zero attached hydrogens (tertiary/aromatic N) is 5. The number of aromatic nitrogens is 5. The van der Waals surface area contributed by atoms with Crippen molar-refractivity contribution >= 4 is 22.5 Å². The first-order valence-corrected chi connectivity index (χ1v) is 11.5. The fourth-order valence-electron chi connectivity index (χ4n) is 5.55. The van der Waals surface area contributed by atoms with Crippen molar-refractivity contribution in [1.82, 2.24) is 24.6 Å². The van der Waals surface area contributed by atoms with Crippen LogP contribution in [0.3, 0.4) is 0 Å². The summed E-state index contributed by atoms with van der Waals surface area (Å²) in [4.78, 5) is 12.2. The summed E-state index contributed by atoms with van der Waals surface area (Å²) in [6, 6.07) is 14.7. The number of aryl methyl sites for hydroxylation is 1. The molecule has 5 aromatic rings. The number of anilines is 1. The molecule has 164 valence electrons. The standard InChI is InChI=1S/C26H24N6O/c1-17-22(20-7-4-6-19-16-28-30-23(19)20)24-27-11-14-32(24)25(29-17)31-12-9-26(10-13-31)15-18-5-2-3-8-21(18)33-26/h2-8,11,14,16H,9-10,12-13,15H2,1H3,(H,28,30). The van der Waals surface area contributed by atoms with E-state index in [0.29, 0.717) is 0 Å². The Morgan fingerprint density at radius 1 is 1.06 bits per heavy atom. The second-order valence-corrected chi connectivity index (χ2v) is 9.19. The average molecular weight is 437 g/mol. The summed E-state index contributed by atoms with van der Waals surface area (Å²) >= 11 is 0.